The summed E-state index contributed by atoms with van der Waals surface area (Å²) in [5, 5.41) is 3.58. The summed E-state index contributed by atoms with van der Waals surface area (Å²) in [6, 6.07) is 5.74. The van der Waals surface area contributed by atoms with Crippen LogP contribution in [-0.2, 0) is 0 Å². The van der Waals surface area contributed by atoms with Gasteiger partial charge in [-0.15, -0.1) is 0 Å². The molecule has 0 aromatic carbocycles. The van der Waals surface area contributed by atoms with Crippen molar-refractivity contribution in [1.82, 2.24) is 10.3 Å². The zero-order valence-corrected chi connectivity index (χ0v) is 10.5. The predicted octanol–water partition coefficient (Wildman–Crippen LogP) is 2.11. The van der Waals surface area contributed by atoms with Gasteiger partial charge < -0.3 is 10.2 Å². The third-order valence-corrected chi connectivity index (χ3v) is 3.76. The molecule has 1 N–H and O–H groups in total. The molecule has 2 fully saturated rings. The van der Waals surface area contributed by atoms with Crippen LogP contribution in [0, 0.1) is 6.92 Å². The minimum Gasteiger partial charge on any atom is -0.352 e. The van der Waals surface area contributed by atoms with E-state index in [2.05, 4.69) is 34.3 Å². The molecule has 1 aromatic rings. The summed E-state index contributed by atoms with van der Waals surface area (Å²) >= 11 is 0. The third-order valence-electron chi connectivity index (χ3n) is 3.76. The zero-order chi connectivity index (χ0) is 11.7. The molecule has 1 saturated heterocycles. The Morgan fingerprint density at radius 2 is 2.24 bits per heavy atom. The molecule has 0 bridgehead atoms. The number of pyridine rings is 1. The minimum absolute atomic E-state index is 0.665. The van der Waals surface area contributed by atoms with Crippen molar-refractivity contribution in [3.05, 3.63) is 23.9 Å². The zero-order valence-electron chi connectivity index (χ0n) is 10.5. The molecule has 0 radical (unpaired) electrons. The van der Waals surface area contributed by atoms with Gasteiger partial charge in [-0.1, -0.05) is 6.07 Å². The number of rotatable bonds is 4. The normalized spacial score (nSPS) is 23.9. The van der Waals surface area contributed by atoms with E-state index in [1.807, 2.05) is 6.20 Å². The lowest BCUT2D eigenvalue weighted by Crippen LogP contribution is -2.39. The first-order valence-electron chi connectivity index (χ1n) is 6.75. The molecule has 0 spiro atoms. The van der Waals surface area contributed by atoms with Gasteiger partial charge in [-0.2, -0.15) is 0 Å². The van der Waals surface area contributed by atoms with Crippen molar-refractivity contribution in [2.45, 2.75) is 44.7 Å². The van der Waals surface area contributed by atoms with Gasteiger partial charge in [-0.05, 0) is 50.8 Å². The Morgan fingerprint density at radius 3 is 2.82 bits per heavy atom. The van der Waals surface area contributed by atoms with E-state index in [0.717, 1.165) is 18.4 Å². The van der Waals surface area contributed by atoms with Crippen LogP contribution in [0.5, 0.6) is 0 Å². The van der Waals surface area contributed by atoms with Crippen LogP contribution in [0.4, 0.5) is 5.82 Å². The number of aromatic nitrogens is 1. The van der Waals surface area contributed by atoms with E-state index in [0.29, 0.717) is 6.04 Å². The molecule has 3 rings (SSSR count). The van der Waals surface area contributed by atoms with Gasteiger partial charge in [0.15, 0.2) is 0 Å². The average molecular weight is 231 g/mol. The Hall–Kier alpha value is -1.09. The van der Waals surface area contributed by atoms with Gasteiger partial charge in [0.1, 0.15) is 5.82 Å². The highest BCUT2D eigenvalue weighted by atomic mass is 15.2. The molecule has 1 aliphatic heterocycles. The van der Waals surface area contributed by atoms with Crippen molar-refractivity contribution in [2.24, 2.45) is 0 Å². The molecule has 2 aliphatic rings. The number of nitrogens with one attached hydrogen (secondary N) is 1. The second-order valence-corrected chi connectivity index (χ2v) is 5.37. The number of hydrogen-bond donors (Lipinski definition) is 1. The van der Waals surface area contributed by atoms with Crippen LogP contribution in [0.3, 0.4) is 0 Å². The van der Waals surface area contributed by atoms with Gasteiger partial charge in [-0.25, -0.2) is 4.98 Å². The van der Waals surface area contributed by atoms with E-state index < -0.39 is 0 Å². The fourth-order valence-corrected chi connectivity index (χ4v) is 2.60. The molecule has 1 aromatic heterocycles. The lowest BCUT2D eigenvalue weighted by Gasteiger charge is -2.26. The maximum Gasteiger partial charge on any atom is 0.128 e. The smallest absolute Gasteiger partial charge is 0.128 e. The molecule has 1 atom stereocenters. The first-order chi connectivity index (χ1) is 8.33. The summed E-state index contributed by atoms with van der Waals surface area (Å²) in [7, 11) is 0. The molecular formula is C14H21N3. The lowest BCUT2D eigenvalue weighted by atomic mass is 10.2. The summed E-state index contributed by atoms with van der Waals surface area (Å²) in [5.74, 6) is 1.16. The summed E-state index contributed by atoms with van der Waals surface area (Å²) in [6.45, 7) is 4.40. The van der Waals surface area contributed by atoms with E-state index in [1.54, 1.807) is 0 Å². The quantitative estimate of drug-likeness (QED) is 0.860. The maximum atomic E-state index is 4.58. The van der Waals surface area contributed by atoms with Gasteiger partial charge in [0.05, 0.1) is 0 Å². The minimum atomic E-state index is 0.665. The highest BCUT2D eigenvalue weighted by Crippen LogP contribution is 2.31. The first-order valence-corrected chi connectivity index (χ1v) is 6.75. The molecule has 0 amide bonds. The molecule has 17 heavy (non-hydrogen) atoms. The van der Waals surface area contributed by atoms with Crippen molar-refractivity contribution in [2.75, 3.05) is 18.0 Å². The highest BCUT2D eigenvalue weighted by Gasteiger charge is 2.32. The van der Waals surface area contributed by atoms with Crippen LogP contribution < -0.4 is 10.2 Å². The third kappa shape index (κ3) is 2.60. The van der Waals surface area contributed by atoms with E-state index in [9.17, 15) is 0 Å². The van der Waals surface area contributed by atoms with Crippen LogP contribution in [0.25, 0.3) is 0 Å². The molecule has 1 aliphatic carbocycles. The van der Waals surface area contributed by atoms with Crippen LogP contribution in [0.2, 0.25) is 0 Å². The fraction of sp³-hybridized carbons (Fsp3) is 0.643. The SMILES string of the molecule is Cc1ccc(N(CC2CCCN2)C2CC2)nc1. The van der Waals surface area contributed by atoms with E-state index in [4.69, 9.17) is 0 Å². The number of aryl methyl sites for hydroxylation is 1. The van der Waals surface area contributed by atoms with Crippen molar-refractivity contribution in [3.8, 4) is 0 Å². The molecule has 3 nitrogen and oxygen atoms in total. The topological polar surface area (TPSA) is 28.2 Å². The van der Waals surface area contributed by atoms with Crippen LogP contribution >= 0.6 is 0 Å². The van der Waals surface area contributed by atoms with E-state index in [1.165, 1.54) is 37.8 Å². The van der Waals surface area contributed by atoms with Crippen LogP contribution in [-0.4, -0.2) is 30.2 Å². The second kappa shape index (κ2) is 4.65. The van der Waals surface area contributed by atoms with Crippen LogP contribution in [0.1, 0.15) is 31.2 Å². The maximum absolute atomic E-state index is 4.58. The molecule has 2 heterocycles. The number of hydrogen-bond acceptors (Lipinski definition) is 3. The Bertz CT molecular complexity index is 364. The van der Waals surface area contributed by atoms with Crippen LogP contribution in [0.15, 0.2) is 18.3 Å². The lowest BCUT2D eigenvalue weighted by molar-refractivity contribution is 0.575. The standard InChI is InChI=1S/C14H21N3/c1-11-4-7-14(16-9-11)17(13-5-6-13)10-12-3-2-8-15-12/h4,7,9,12-13,15H,2-3,5-6,8,10H2,1H3. The Morgan fingerprint density at radius 1 is 1.35 bits per heavy atom. The van der Waals surface area contributed by atoms with Gasteiger partial charge in [0, 0.05) is 24.8 Å². The number of nitrogens with zero attached hydrogens (tertiary/aromatic N) is 2. The van der Waals surface area contributed by atoms with Crippen molar-refractivity contribution in [3.63, 3.8) is 0 Å². The molecule has 1 saturated carbocycles. The number of anilines is 1. The summed E-state index contributed by atoms with van der Waals surface area (Å²) in [4.78, 5) is 7.08. The summed E-state index contributed by atoms with van der Waals surface area (Å²) in [5.41, 5.74) is 1.24. The summed E-state index contributed by atoms with van der Waals surface area (Å²) in [6.07, 6.45) is 7.29. The van der Waals surface area contributed by atoms with E-state index in [-0.39, 0.29) is 0 Å². The predicted molar refractivity (Wildman–Crippen MR) is 70.4 cm³/mol. The van der Waals surface area contributed by atoms with Crippen molar-refractivity contribution < 1.29 is 0 Å². The van der Waals surface area contributed by atoms with E-state index >= 15 is 0 Å². The largest absolute Gasteiger partial charge is 0.352 e. The highest BCUT2D eigenvalue weighted by molar-refractivity contribution is 5.42. The van der Waals surface area contributed by atoms with Crippen molar-refractivity contribution >= 4 is 5.82 Å². The van der Waals surface area contributed by atoms with Gasteiger partial charge in [-0.3, -0.25) is 0 Å². The second-order valence-electron chi connectivity index (χ2n) is 5.37. The fourth-order valence-electron chi connectivity index (χ4n) is 2.60. The summed E-state index contributed by atoms with van der Waals surface area (Å²) < 4.78 is 0. The molecule has 1 unspecified atom stereocenters. The Labute approximate surface area is 103 Å². The monoisotopic (exact) mass is 231 g/mol. The van der Waals surface area contributed by atoms with Gasteiger partial charge >= 0.3 is 0 Å². The Kier molecular flexibility index (Phi) is 3.02. The average Bonchev–Trinajstić information content (AvgIpc) is 3.05. The van der Waals surface area contributed by atoms with Crippen molar-refractivity contribution in [1.29, 1.82) is 0 Å². The molecular weight excluding hydrogens is 210 g/mol. The Balaban J connectivity index is 1.72. The first kappa shape index (κ1) is 11.0. The molecule has 92 valence electrons. The van der Waals surface area contributed by atoms with Gasteiger partial charge in [0.25, 0.3) is 0 Å². The van der Waals surface area contributed by atoms with Gasteiger partial charge in [0.2, 0.25) is 0 Å². The molecule has 3 heteroatoms.